The molecule has 0 amide bonds. The van der Waals surface area contributed by atoms with Gasteiger partial charge in [0.05, 0.1) is 5.02 Å². The molecule has 2 atom stereocenters. The Bertz CT molecular complexity index is 520. The highest BCUT2D eigenvalue weighted by molar-refractivity contribution is 6.33. The molecule has 1 saturated carbocycles. The molecule has 0 bridgehead atoms. The summed E-state index contributed by atoms with van der Waals surface area (Å²) in [5.74, 6) is 2.19. The van der Waals surface area contributed by atoms with E-state index in [0.29, 0.717) is 10.9 Å². The molecule has 1 aliphatic carbocycles. The fourth-order valence-corrected chi connectivity index (χ4v) is 2.13. The van der Waals surface area contributed by atoms with E-state index in [9.17, 15) is 0 Å². The van der Waals surface area contributed by atoms with Crippen LogP contribution < -0.4 is 5.73 Å². The van der Waals surface area contributed by atoms with Crippen LogP contribution in [0.2, 0.25) is 5.02 Å². The Morgan fingerprint density at radius 1 is 1.19 bits per heavy atom. The topological polar surface area (TPSA) is 39.2 Å². The summed E-state index contributed by atoms with van der Waals surface area (Å²) >= 11 is 6.11. The van der Waals surface area contributed by atoms with Gasteiger partial charge < -0.3 is 10.2 Å². The summed E-state index contributed by atoms with van der Waals surface area (Å²) in [5, 5.41) is 0.712. The first-order valence-corrected chi connectivity index (χ1v) is 5.74. The van der Waals surface area contributed by atoms with Crippen molar-refractivity contribution in [3.63, 3.8) is 0 Å². The molecule has 1 heterocycles. The van der Waals surface area contributed by atoms with E-state index in [4.69, 9.17) is 21.8 Å². The lowest BCUT2D eigenvalue weighted by atomic mass is 10.2. The summed E-state index contributed by atoms with van der Waals surface area (Å²) in [6, 6.07) is 11.9. The third-order valence-corrected chi connectivity index (χ3v) is 3.30. The molecule has 1 aliphatic rings. The highest BCUT2D eigenvalue weighted by atomic mass is 35.5. The standard InChI is InChI=1S/C13H12ClNO/c14-10-4-2-1-3-8(10)12-5-6-13(16-12)9-7-11(9)15/h1-6,9,11H,7,15H2/t9-,11+/m0/s1. The number of nitrogens with two attached hydrogens (primary N) is 1. The lowest BCUT2D eigenvalue weighted by molar-refractivity contribution is 0.522. The molecule has 3 rings (SSSR count). The summed E-state index contributed by atoms with van der Waals surface area (Å²) in [6.07, 6.45) is 1.02. The van der Waals surface area contributed by atoms with Gasteiger partial charge in [-0.2, -0.15) is 0 Å². The van der Waals surface area contributed by atoms with Crippen LogP contribution in [0.15, 0.2) is 40.8 Å². The minimum absolute atomic E-state index is 0.269. The van der Waals surface area contributed by atoms with Gasteiger partial charge in [0.25, 0.3) is 0 Å². The third kappa shape index (κ3) is 1.64. The first-order chi connectivity index (χ1) is 7.75. The maximum absolute atomic E-state index is 6.11. The summed E-state index contributed by atoms with van der Waals surface area (Å²) < 4.78 is 5.78. The quantitative estimate of drug-likeness (QED) is 0.863. The second-order valence-corrected chi connectivity index (χ2v) is 4.60. The van der Waals surface area contributed by atoms with Crippen LogP contribution in [0, 0.1) is 0 Å². The number of hydrogen-bond acceptors (Lipinski definition) is 2. The van der Waals surface area contributed by atoms with E-state index in [2.05, 4.69) is 0 Å². The van der Waals surface area contributed by atoms with Gasteiger partial charge in [-0.05, 0) is 30.7 Å². The smallest absolute Gasteiger partial charge is 0.135 e. The summed E-state index contributed by atoms with van der Waals surface area (Å²) in [5.41, 5.74) is 6.73. The molecular weight excluding hydrogens is 222 g/mol. The molecule has 0 aliphatic heterocycles. The molecule has 16 heavy (non-hydrogen) atoms. The molecule has 1 aromatic heterocycles. The molecule has 0 spiro atoms. The van der Waals surface area contributed by atoms with Gasteiger partial charge in [-0.3, -0.25) is 0 Å². The highest BCUT2D eigenvalue weighted by Crippen LogP contribution is 2.41. The van der Waals surface area contributed by atoms with Crippen molar-refractivity contribution in [1.29, 1.82) is 0 Å². The van der Waals surface area contributed by atoms with Gasteiger partial charge >= 0.3 is 0 Å². The van der Waals surface area contributed by atoms with Crippen molar-refractivity contribution in [2.75, 3.05) is 0 Å². The molecule has 0 unspecified atom stereocenters. The predicted molar refractivity (Wildman–Crippen MR) is 64.5 cm³/mol. The predicted octanol–water partition coefficient (Wildman–Crippen LogP) is 3.41. The minimum Gasteiger partial charge on any atom is -0.461 e. The van der Waals surface area contributed by atoms with Gasteiger partial charge in [0.2, 0.25) is 0 Å². The summed E-state index contributed by atoms with van der Waals surface area (Å²) in [7, 11) is 0. The monoisotopic (exact) mass is 233 g/mol. The Labute approximate surface area is 99.0 Å². The van der Waals surface area contributed by atoms with Crippen molar-refractivity contribution < 1.29 is 4.42 Å². The normalized spacial score (nSPS) is 23.4. The lowest BCUT2D eigenvalue weighted by Crippen LogP contribution is -2.00. The SMILES string of the molecule is N[C@@H]1C[C@@H]1c1ccc(-c2ccccc2Cl)o1. The van der Waals surface area contributed by atoms with Crippen LogP contribution in [-0.2, 0) is 0 Å². The number of benzene rings is 1. The molecule has 2 nitrogen and oxygen atoms in total. The van der Waals surface area contributed by atoms with E-state index >= 15 is 0 Å². The van der Waals surface area contributed by atoms with Gasteiger partial charge in [0.15, 0.2) is 0 Å². The number of halogens is 1. The Morgan fingerprint density at radius 3 is 2.62 bits per heavy atom. The highest BCUT2D eigenvalue weighted by Gasteiger charge is 2.37. The molecule has 0 saturated heterocycles. The molecule has 2 aromatic rings. The van der Waals surface area contributed by atoms with Crippen molar-refractivity contribution in [3.8, 4) is 11.3 Å². The average molecular weight is 234 g/mol. The largest absolute Gasteiger partial charge is 0.461 e. The first-order valence-electron chi connectivity index (χ1n) is 5.36. The van der Waals surface area contributed by atoms with Crippen LogP contribution in [0.1, 0.15) is 18.1 Å². The van der Waals surface area contributed by atoms with Gasteiger partial charge in [-0.25, -0.2) is 0 Å². The molecule has 82 valence electrons. The van der Waals surface area contributed by atoms with E-state index in [-0.39, 0.29) is 6.04 Å². The zero-order chi connectivity index (χ0) is 11.1. The van der Waals surface area contributed by atoms with Crippen LogP contribution in [0.4, 0.5) is 0 Å². The van der Waals surface area contributed by atoms with E-state index in [1.165, 1.54) is 0 Å². The zero-order valence-electron chi connectivity index (χ0n) is 8.69. The van der Waals surface area contributed by atoms with Gasteiger partial charge in [-0.1, -0.05) is 23.7 Å². The Kier molecular flexibility index (Phi) is 2.27. The van der Waals surface area contributed by atoms with E-state index in [0.717, 1.165) is 23.5 Å². The molecule has 2 N–H and O–H groups in total. The first kappa shape index (κ1) is 9.94. The van der Waals surface area contributed by atoms with Crippen LogP contribution in [0.25, 0.3) is 11.3 Å². The number of hydrogen-bond donors (Lipinski definition) is 1. The van der Waals surface area contributed by atoms with E-state index < -0.39 is 0 Å². The third-order valence-electron chi connectivity index (χ3n) is 2.97. The lowest BCUT2D eigenvalue weighted by Gasteiger charge is -1.99. The van der Waals surface area contributed by atoms with Gasteiger partial charge in [0.1, 0.15) is 11.5 Å². The summed E-state index contributed by atoms with van der Waals surface area (Å²) in [4.78, 5) is 0. The van der Waals surface area contributed by atoms with E-state index in [1.54, 1.807) is 0 Å². The molecule has 3 heteroatoms. The Balaban J connectivity index is 1.95. The number of furan rings is 1. The summed E-state index contributed by atoms with van der Waals surface area (Å²) in [6.45, 7) is 0. The Morgan fingerprint density at radius 2 is 1.94 bits per heavy atom. The Hall–Kier alpha value is -1.25. The zero-order valence-corrected chi connectivity index (χ0v) is 9.45. The van der Waals surface area contributed by atoms with Crippen molar-refractivity contribution in [1.82, 2.24) is 0 Å². The molecule has 1 fully saturated rings. The van der Waals surface area contributed by atoms with Crippen molar-refractivity contribution in [3.05, 3.63) is 47.2 Å². The molecule has 0 radical (unpaired) electrons. The fourth-order valence-electron chi connectivity index (χ4n) is 1.90. The van der Waals surface area contributed by atoms with Gasteiger partial charge in [0, 0.05) is 17.5 Å². The van der Waals surface area contributed by atoms with Crippen molar-refractivity contribution >= 4 is 11.6 Å². The second kappa shape index (κ2) is 3.65. The van der Waals surface area contributed by atoms with Crippen molar-refractivity contribution in [2.45, 2.75) is 18.4 Å². The van der Waals surface area contributed by atoms with Crippen LogP contribution in [0.5, 0.6) is 0 Å². The maximum atomic E-state index is 6.11. The maximum Gasteiger partial charge on any atom is 0.135 e. The molecule has 1 aromatic carbocycles. The minimum atomic E-state index is 0.269. The fraction of sp³-hybridized carbons (Fsp3) is 0.231. The van der Waals surface area contributed by atoms with Gasteiger partial charge in [-0.15, -0.1) is 0 Å². The van der Waals surface area contributed by atoms with Crippen molar-refractivity contribution in [2.24, 2.45) is 5.73 Å². The van der Waals surface area contributed by atoms with Crippen LogP contribution in [-0.4, -0.2) is 6.04 Å². The average Bonchev–Trinajstić information content (AvgIpc) is 2.82. The van der Waals surface area contributed by atoms with Crippen LogP contribution >= 0.6 is 11.6 Å². The van der Waals surface area contributed by atoms with E-state index in [1.807, 2.05) is 36.4 Å². The molecular formula is C13H12ClNO. The number of rotatable bonds is 2. The van der Waals surface area contributed by atoms with Crippen LogP contribution in [0.3, 0.4) is 0 Å². The second-order valence-electron chi connectivity index (χ2n) is 4.19.